The first-order valence-electron chi connectivity index (χ1n) is 40.9. The van der Waals surface area contributed by atoms with E-state index in [9.17, 15) is 19.5 Å². The number of carboxylic acid groups (broad SMARTS) is 1. The molecule has 0 aliphatic heterocycles. The van der Waals surface area contributed by atoms with E-state index in [1.165, 1.54) is 89.9 Å². The quantitative estimate of drug-likeness (QED) is 0.0211. The molecule has 0 rings (SSSR count). The molecule has 2 atom stereocenters. The Balaban J connectivity index is 4.13. The van der Waals surface area contributed by atoms with Crippen LogP contribution in [0.25, 0.3) is 0 Å². The van der Waals surface area contributed by atoms with Crippen molar-refractivity contribution >= 4 is 17.9 Å². The Morgan fingerprint density at radius 2 is 0.524 bits per heavy atom. The van der Waals surface area contributed by atoms with Crippen LogP contribution >= 0.6 is 0 Å². The average molecular weight is 1420 g/mol. The number of carbonyl (C=O) groups is 3. The van der Waals surface area contributed by atoms with Gasteiger partial charge in [0.15, 0.2) is 6.10 Å². The summed E-state index contributed by atoms with van der Waals surface area (Å²) < 4.78 is 23.0. The number of hydrogen-bond acceptors (Lipinski definition) is 7. The van der Waals surface area contributed by atoms with Crippen LogP contribution in [-0.4, -0.2) is 87.4 Å². The summed E-state index contributed by atoms with van der Waals surface area (Å²) in [5.74, 6) is -2.04. The molecular weight excluding hydrogens is 1270 g/mol. The molecule has 103 heavy (non-hydrogen) atoms. The molecule has 0 aromatic carbocycles. The standard InChI is InChI=1S/C94H149NO8/c1-6-8-10-12-14-16-18-20-22-24-26-28-30-32-34-36-38-40-42-44-45-46-47-49-50-52-54-56-58-60-62-64-66-68-70-72-74-76-78-80-82-84-91(96)101-88-90(89-102-94(93(98)99)100-87-86-95(3,4)5)103-92(97)85-83-81-79-77-75-73-71-69-67-65-63-61-59-57-55-53-51-48-43-41-39-37-35-33-31-29-27-25-23-21-19-17-15-13-11-9-7-2/h8-11,14-17,20-23,26-29,32-35,38-41,44-45,47-49,51,55,57,61,63,67,69,90,94H,6-7,12-13,18-19,24-25,30-31,36-37,42-43,46,50,52-54,56,58-60,62,64-66,68,70-89H2,1-5H3/p+1/b10-8-,11-9-,16-14-,17-15-,22-20-,23-21-,28-26-,29-27-,34-32-,35-33-,40-38-,41-39-,45-44-,49-47-,51-48-,57-55-,63-61-,69-67-. The smallest absolute Gasteiger partial charge is 0.361 e. The Labute approximate surface area is 632 Å². The molecule has 0 saturated heterocycles. The van der Waals surface area contributed by atoms with Crippen LogP contribution in [0.4, 0.5) is 0 Å². The van der Waals surface area contributed by atoms with E-state index in [4.69, 9.17) is 18.9 Å². The molecule has 0 aliphatic carbocycles. The van der Waals surface area contributed by atoms with E-state index < -0.39 is 24.3 Å². The van der Waals surface area contributed by atoms with E-state index >= 15 is 0 Å². The molecule has 0 heterocycles. The number of rotatable bonds is 73. The number of carboxylic acids is 1. The lowest BCUT2D eigenvalue weighted by Gasteiger charge is -2.25. The summed E-state index contributed by atoms with van der Waals surface area (Å²) in [6.07, 6.45) is 125. The van der Waals surface area contributed by atoms with E-state index in [0.29, 0.717) is 17.4 Å². The Kier molecular flexibility index (Phi) is 76.2. The molecule has 0 radical (unpaired) electrons. The Morgan fingerprint density at radius 1 is 0.291 bits per heavy atom. The maximum atomic E-state index is 13.0. The zero-order valence-corrected chi connectivity index (χ0v) is 66.1. The van der Waals surface area contributed by atoms with Crippen molar-refractivity contribution in [3.63, 3.8) is 0 Å². The highest BCUT2D eigenvalue weighted by Crippen LogP contribution is 2.17. The lowest BCUT2D eigenvalue weighted by Crippen LogP contribution is -2.40. The first-order chi connectivity index (χ1) is 50.6. The summed E-state index contributed by atoms with van der Waals surface area (Å²) in [5, 5.41) is 9.78. The van der Waals surface area contributed by atoms with Crippen molar-refractivity contribution in [1.29, 1.82) is 0 Å². The minimum absolute atomic E-state index is 0.175. The Hall–Kier alpha value is -6.39. The van der Waals surface area contributed by atoms with E-state index in [1.54, 1.807) is 0 Å². The van der Waals surface area contributed by atoms with Gasteiger partial charge in [0.2, 0.25) is 0 Å². The van der Waals surface area contributed by atoms with Crippen LogP contribution in [0, 0.1) is 0 Å². The fourth-order valence-corrected chi connectivity index (χ4v) is 10.6. The second-order valence-corrected chi connectivity index (χ2v) is 27.6. The van der Waals surface area contributed by atoms with E-state index in [0.717, 1.165) is 173 Å². The van der Waals surface area contributed by atoms with Gasteiger partial charge < -0.3 is 28.5 Å². The maximum Gasteiger partial charge on any atom is 0.361 e. The van der Waals surface area contributed by atoms with Gasteiger partial charge in [0.25, 0.3) is 6.29 Å². The van der Waals surface area contributed by atoms with E-state index in [2.05, 4.69) is 233 Å². The molecule has 0 bridgehead atoms. The zero-order chi connectivity index (χ0) is 74.6. The molecule has 0 fully saturated rings. The van der Waals surface area contributed by atoms with Crippen molar-refractivity contribution < 1.29 is 42.9 Å². The van der Waals surface area contributed by atoms with Crippen LogP contribution in [0.2, 0.25) is 0 Å². The van der Waals surface area contributed by atoms with Crippen LogP contribution in [0.5, 0.6) is 0 Å². The average Bonchev–Trinajstić information content (AvgIpc) is 1.16. The third kappa shape index (κ3) is 82.8. The highest BCUT2D eigenvalue weighted by molar-refractivity contribution is 5.71. The third-order valence-electron chi connectivity index (χ3n) is 16.7. The predicted molar refractivity (Wildman–Crippen MR) is 446 cm³/mol. The van der Waals surface area contributed by atoms with Crippen molar-refractivity contribution in [3.8, 4) is 0 Å². The summed E-state index contributed by atoms with van der Waals surface area (Å²) in [4.78, 5) is 37.8. The number of allylic oxidation sites excluding steroid dienone is 36. The Morgan fingerprint density at radius 3 is 0.777 bits per heavy atom. The second kappa shape index (κ2) is 81.3. The van der Waals surface area contributed by atoms with Crippen molar-refractivity contribution in [2.75, 3.05) is 47.5 Å². The first kappa shape index (κ1) is 96.6. The van der Waals surface area contributed by atoms with Crippen LogP contribution in [-0.2, 0) is 33.3 Å². The van der Waals surface area contributed by atoms with Crippen molar-refractivity contribution in [1.82, 2.24) is 0 Å². The van der Waals surface area contributed by atoms with Gasteiger partial charge in [-0.2, -0.15) is 0 Å². The van der Waals surface area contributed by atoms with Crippen LogP contribution in [0.3, 0.4) is 0 Å². The minimum atomic E-state index is -1.53. The fraction of sp³-hybridized carbons (Fsp3) is 0.585. The summed E-state index contributed by atoms with van der Waals surface area (Å²) in [5.41, 5.74) is 0. The number of quaternary nitrogens is 1. The van der Waals surface area contributed by atoms with Gasteiger partial charge in [-0.15, -0.1) is 0 Å². The highest BCUT2D eigenvalue weighted by Gasteiger charge is 2.25. The monoisotopic (exact) mass is 1420 g/mol. The molecule has 9 nitrogen and oxygen atoms in total. The maximum absolute atomic E-state index is 13.0. The first-order valence-corrected chi connectivity index (χ1v) is 40.9. The highest BCUT2D eigenvalue weighted by atomic mass is 16.7. The molecule has 1 N–H and O–H groups in total. The lowest BCUT2D eigenvalue weighted by atomic mass is 10.0. The van der Waals surface area contributed by atoms with Gasteiger partial charge in [-0.05, 0) is 154 Å². The molecule has 0 aromatic heterocycles. The summed E-state index contributed by atoms with van der Waals surface area (Å²) in [7, 11) is 5.97. The minimum Gasteiger partial charge on any atom is -0.477 e. The summed E-state index contributed by atoms with van der Waals surface area (Å²) >= 11 is 0. The molecule has 0 saturated carbocycles. The van der Waals surface area contributed by atoms with Crippen molar-refractivity contribution in [2.24, 2.45) is 0 Å². The van der Waals surface area contributed by atoms with Gasteiger partial charge in [0.05, 0.1) is 34.4 Å². The van der Waals surface area contributed by atoms with Crippen LogP contribution in [0.1, 0.15) is 296 Å². The second-order valence-electron chi connectivity index (χ2n) is 27.6. The number of aliphatic carboxylic acids is 1. The van der Waals surface area contributed by atoms with Gasteiger partial charge in [-0.3, -0.25) is 9.59 Å². The topological polar surface area (TPSA) is 108 Å². The number of esters is 2. The number of carbonyl (C=O) groups excluding carboxylic acids is 2. The SMILES string of the molecule is CC/C=C\C/C=C\C/C=C\C/C=C\C/C=C\C/C=C\C/C=C\C/C=C\C/C=C\C/C=C\CCCCCCCCC(=O)OC(COC(=O)CCCCCCCCCCCCCCCCCC/C=C\C/C=C\C/C=C\C/C=C\C/C=C\C/C=C\C/C=C\C/C=C\CC)COC(OCC[N+](C)(C)C)C(=O)O. The van der Waals surface area contributed by atoms with Gasteiger partial charge in [-0.25, -0.2) is 4.79 Å². The fourth-order valence-electron chi connectivity index (χ4n) is 10.6. The zero-order valence-electron chi connectivity index (χ0n) is 66.1. The largest absolute Gasteiger partial charge is 0.477 e. The van der Waals surface area contributed by atoms with Crippen LogP contribution < -0.4 is 0 Å². The van der Waals surface area contributed by atoms with Gasteiger partial charge in [0, 0.05) is 12.8 Å². The third-order valence-corrected chi connectivity index (χ3v) is 16.7. The molecule has 0 spiro atoms. The number of ether oxygens (including phenoxy) is 4. The summed E-state index contributed by atoms with van der Waals surface area (Å²) in [6.45, 7) is 4.62. The number of unbranched alkanes of at least 4 members (excludes halogenated alkanes) is 22. The number of likely N-dealkylation sites (N-methyl/N-ethyl adjacent to an activating group) is 1. The molecule has 2 unspecified atom stereocenters. The summed E-state index contributed by atoms with van der Waals surface area (Å²) in [6, 6.07) is 0. The van der Waals surface area contributed by atoms with Crippen molar-refractivity contribution in [2.45, 2.75) is 309 Å². The molecule has 0 aromatic rings. The normalized spacial score (nSPS) is 13.8. The van der Waals surface area contributed by atoms with Gasteiger partial charge >= 0.3 is 17.9 Å². The predicted octanol–water partition coefficient (Wildman–Crippen LogP) is 26.8. The Bertz CT molecular complexity index is 2510. The molecule has 0 amide bonds. The van der Waals surface area contributed by atoms with E-state index in [-0.39, 0.29) is 38.6 Å². The van der Waals surface area contributed by atoms with Crippen LogP contribution in [0.15, 0.2) is 219 Å². The molecule has 9 heteroatoms. The number of hydrogen-bond donors (Lipinski definition) is 1. The van der Waals surface area contributed by atoms with E-state index in [1.807, 2.05) is 21.1 Å². The van der Waals surface area contributed by atoms with Gasteiger partial charge in [-0.1, -0.05) is 348 Å². The molecule has 0 aliphatic rings. The van der Waals surface area contributed by atoms with Gasteiger partial charge in [0.1, 0.15) is 13.2 Å². The number of nitrogens with zero attached hydrogens (tertiary/aromatic N) is 1. The lowest BCUT2D eigenvalue weighted by molar-refractivity contribution is -0.870. The van der Waals surface area contributed by atoms with Crippen molar-refractivity contribution in [3.05, 3.63) is 219 Å². The molecule has 578 valence electrons. The molecular formula is C94H150NO8+.